The van der Waals surface area contributed by atoms with Crippen LogP contribution in [0.5, 0.6) is 5.75 Å². The average Bonchev–Trinajstić information content (AvgIpc) is 2.99. The van der Waals surface area contributed by atoms with Crippen molar-refractivity contribution in [1.29, 1.82) is 0 Å². The van der Waals surface area contributed by atoms with E-state index in [1.54, 1.807) is 0 Å². The van der Waals surface area contributed by atoms with Crippen LogP contribution < -0.4 is 5.56 Å². The van der Waals surface area contributed by atoms with E-state index in [0.29, 0.717) is 18.3 Å². The minimum Gasteiger partial charge on any atom is -0.507 e. The van der Waals surface area contributed by atoms with Crippen molar-refractivity contribution >= 4 is 0 Å². The fourth-order valence-electron chi connectivity index (χ4n) is 5.49. The van der Waals surface area contributed by atoms with Gasteiger partial charge in [0.2, 0.25) is 0 Å². The highest BCUT2D eigenvalue weighted by atomic mass is 16.5. The van der Waals surface area contributed by atoms with Gasteiger partial charge in [-0.1, -0.05) is 39.3 Å². The van der Waals surface area contributed by atoms with Crippen LogP contribution in [0.15, 0.2) is 34.3 Å². The number of aryl methyl sites for hydroxylation is 1. The van der Waals surface area contributed by atoms with Crippen LogP contribution in [0.25, 0.3) is 0 Å². The molecule has 0 amide bonds. The number of ether oxygens (including phenoxy) is 1. The topological polar surface area (TPSA) is 132 Å². The fraction of sp³-hybridized carbons (Fsp3) is 0.667. The van der Waals surface area contributed by atoms with Crippen molar-refractivity contribution < 1.29 is 30.3 Å². The Balaban J connectivity index is 1.96. The Bertz CT molecular complexity index is 1020. The van der Waals surface area contributed by atoms with Gasteiger partial charge >= 0.3 is 0 Å². The lowest BCUT2D eigenvalue weighted by Crippen LogP contribution is -2.32. The van der Waals surface area contributed by atoms with Crippen molar-refractivity contribution in [2.45, 2.75) is 96.4 Å². The van der Waals surface area contributed by atoms with E-state index in [4.69, 9.17) is 4.74 Å². The summed E-state index contributed by atoms with van der Waals surface area (Å²) in [5.74, 6) is -0.563. The van der Waals surface area contributed by atoms with Crippen LogP contribution >= 0.6 is 0 Å². The third-order valence-corrected chi connectivity index (χ3v) is 7.68. The second kappa shape index (κ2) is 11.0. The molecular weight excluding hydrogens is 450 g/mol. The highest BCUT2D eigenvalue weighted by Crippen LogP contribution is 2.43. The molecule has 2 aliphatic rings. The second-order valence-electron chi connectivity index (χ2n) is 10.6. The normalized spacial score (nSPS) is 31.9. The summed E-state index contributed by atoms with van der Waals surface area (Å²) in [5.41, 5.74) is 1.75. The molecule has 0 spiro atoms. The van der Waals surface area contributed by atoms with E-state index in [1.807, 2.05) is 19.9 Å². The molecule has 1 aliphatic carbocycles. The largest absolute Gasteiger partial charge is 0.507 e. The zero-order valence-corrected chi connectivity index (χ0v) is 21.5. The van der Waals surface area contributed by atoms with Crippen LogP contribution in [0.3, 0.4) is 0 Å². The molecule has 8 heteroatoms. The van der Waals surface area contributed by atoms with Crippen molar-refractivity contribution in [3.63, 3.8) is 0 Å². The third kappa shape index (κ3) is 5.42. The van der Waals surface area contributed by atoms with Gasteiger partial charge in [-0.25, -0.2) is 0 Å². The number of aliphatic hydroxyl groups excluding tert-OH is 4. The molecule has 5 N–H and O–H groups in total. The summed E-state index contributed by atoms with van der Waals surface area (Å²) in [6, 6.07) is 0. The number of hydrogen-bond donors (Lipinski definition) is 5. The van der Waals surface area contributed by atoms with Crippen LogP contribution in [0.2, 0.25) is 0 Å². The molecular formula is C27H41NO7. The molecule has 1 aromatic rings. The number of nitrogens with zero attached hydrogens (tertiary/aromatic N) is 1. The summed E-state index contributed by atoms with van der Waals surface area (Å²) in [6.45, 7) is 10.6. The van der Waals surface area contributed by atoms with E-state index in [1.165, 1.54) is 17.8 Å². The molecule has 1 fully saturated rings. The molecule has 1 saturated carbocycles. The Morgan fingerprint density at radius 2 is 1.77 bits per heavy atom. The Labute approximate surface area is 207 Å². The standard InChI is InChI=1S/C27H41NO7/c1-7-13(2)10-14(3)11-16(5)26-15(4)8-9-18(35-26)20-21(29)17(12-28(6)27(20)34)19-22(30)24(32)25(33)23(19)31/h8,11-14,18-19,22-26,29-33H,7,9-10H2,1-6H3/t13-,14+,18?,19?,22-,23-,24-,25+,26+/m1/s1. The van der Waals surface area contributed by atoms with Gasteiger partial charge in [0, 0.05) is 24.7 Å². The van der Waals surface area contributed by atoms with Gasteiger partial charge in [-0.15, -0.1) is 0 Å². The second-order valence-corrected chi connectivity index (χ2v) is 10.6. The minimum atomic E-state index is -1.57. The van der Waals surface area contributed by atoms with Gasteiger partial charge in [0.25, 0.3) is 5.56 Å². The third-order valence-electron chi connectivity index (χ3n) is 7.68. The predicted molar refractivity (Wildman–Crippen MR) is 133 cm³/mol. The molecule has 0 aromatic carbocycles. The number of hydrogen-bond acceptors (Lipinski definition) is 7. The average molecular weight is 492 g/mol. The number of allylic oxidation sites excluding steroid dienone is 1. The summed E-state index contributed by atoms with van der Waals surface area (Å²) in [7, 11) is 1.51. The molecule has 3 rings (SSSR count). The van der Waals surface area contributed by atoms with Gasteiger partial charge in [-0.05, 0) is 49.7 Å². The lowest BCUT2D eigenvalue weighted by Gasteiger charge is -2.32. The molecule has 2 unspecified atom stereocenters. The van der Waals surface area contributed by atoms with Gasteiger partial charge < -0.3 is 34.8 Å². The molecule has 196 valence electrons. The maximum absolute atomic E-state index is 13.1. The molecule has 0 bridgehead atoms. The molecule has 1 aliphatic heterocycles. The summed E-state index contributed by atoms with van der Waals surface area (Å²) >= 11 is 0. The van der Waals surface area contributed by atoms with Crippen molar-refractivity contribution in [3.8, 4) is 5.75 Å². The van der Waals surface area contributed by atoms with E-state index in [0.717, 1.165) is 24.0 Å². The van der Waals surface area contributed by atoms with Crippen molar-refractivity contribution in [2.24, 2.45) is 18.9 Å². The zero-order chi connectivity index (χ0) is 26.2. The summed E-state index contributed by atoms with van der Waals surface area (Å²) in [4.78, 5) is 13.1. The van der Waals surface area contributed by atoms with E-state index in [-0.39, 0.29) is 23.0 Å². The fourth-order valence-corrected chi connectivity index (χ4v) is 5.49. The minimum absolute atomic E-state index is 0.0366. The predicted octanol–water partition coefficient (Wildman–Crippen LogP) is 2.43. The first kappa shape index (κ1) is 27.6. The maximum Gasteiger partial charge on any atom is 0.259 e. The van der Waals surface area contributed by atoms with Gasteiger partial charge in [0.05, 0.1) is 30.0 Å². The highest BCUT2D eigenvalue weighted by molar-refractivity contribution is 5.44. The first-order valence-corrected chi connectivity index (χ1v) is 12.5. The molecule has 1 aromatic heterocycles. The number of aromatic nitrogens is 1. The Morgan fingerprint density at radius 3 is 2.34 bits per heavy atom. The van der Waals surface area contributed by atoms with E-state index < -0.39 is 42.0 Å². The highest BCUT2D eigenvalue weighted by Gasteiger charge is 2.50. The summed E-state index contributed by atoms with van der Waals surface area (Å²) in [6.07, 6.45) is 0.890. The number of pyridine rings is 1. The van der Waals surface area contributed by atoms with Crippen molar-refractivity contribution in [1.82, 2.24) is 4.57 Å². The Morgan fingerprint density at radius 1 is 1.17 bits per heavy atom. The molecule has 2 heterocycles. The molecule has 0 radical (unpaired) electrons. The van der Waals surface area contributed by atoms with Crippen molar-refractivity contribution in [3.05, 3.63) is 51.0 Å². The first-order valence-electron chi connectivity index (χ1n) is 12.5. The van der Waals surface area contributed by atoms with E-state index in [2.05, 4.69) is 26.8 Å². The lowest BCUT2D eigenvalue weighted by molar-refractivity contribution is -0.0413. The summed E-state index contributed by atoms with van der Waals surface area (Å²) < 4.78 is 7.64. The van der Waals surface area contributed by atoms with Crippen LogP contribution in [0.4, 0.5) is 0 Å². The molecule has 8 nitrogen and oxygen atoms in total. The van der Waals surface area contributed by atoms with E-state index in [9.17, 15) is 30.3 Å². The first-order chi connectivity index (χ1) is 16.4. The molecule has 9 atom stereocenters. The number of rotatable bonds is 7. The zero-order valence-electron chi connectivity index (χ0n) is 21.5. The Hall–Kier alpha value is -1.97. The monoisotopic (exact) mass is 491 g/mol. The van der Waals surface area contributed by atoms with Gasteiger partial charge in [-0.2, -0.15) is 0 Å². The van der Waals surface area contributed by atoms with E-state index >= 15 is 0 Å². The van der Waals surface area contributed by atoms with Crippen molar-refractivity contribution in [2.75, 3.05) is 0 Å². The maximum atomic E-state index is 13.1. The Kier molecular flexibility index (Phi) is 8.65. The SMILES string of the molecule is CC[C@@H](C)C[C@H](C)C=C(C)[C@H]1OC(c2c(O)c(C3[C@@H](O)[C@H](O)[C@H](O)[C@@H]3O)cn(C)c2=O)CC=C1C. The molecule has 0 saturated heterocycles. The van der Waals surface area contributed by atoms with Crippen LogP contribution in [0, 0.1) is 11.8 Å². The van der Waals surface area contributed by atoms with Gasteiger partial charge in [0.1, 0.15) is 18.0 Å². The van der Waals surface area contributed by atoms with Gasteiger partial charge in [-0.3, -0.25) is 4.79 Å². The van der Waals surface area contributed by atoms with Crippen LogP contribution in [-0.2, 0) is 11.8 Å². The number of aliphatic hydroxyl groups is 4. The van der Waals surface area contributed by atoms with Crippen LogP contribution in [-0.4, -0.2) is 60.6 Å². The lowest BCUT2D eigenvalue weighted by atomic mass is 9.89. The van der Waals surface area contributed by atoms with Gasteiger partial charge in [0.15, 0.2) is 0 Å². The smallest absolute Gasteiger partial charge is 0.259 e. The molecule has 35 heavy (non-hydrogen) atoms. The number of aromatic hydroxyl groups is 1. The summed E-state index contributed by atoms with van der Waals surface area (Å²) in [5, 5.41) is 52.1. The quantitative estimate of drug-likeness (QED) is 0.370. The van der Waals surface area contributed by atoms with Crippen LogP contribution in [0.1, 0.15) is 77.0 Å².